The van der Waals surface area contributed by atoms with E-state index >= 15 is 0 Å². The molecule has 7 nitrogen and oxygen atoms in total. The normalized spacial score (nSPS) is 22.5. The summed E-state index contributed by atoms with van der Waals surface area (Å²) < 4.78 is 1.42. The van der Waals surface area contributed by atoms with Gasteiger partial charge in [0.15, 0.2) is 0 Å². The van der Waals surface area contributed by atoms with E-state index in [-0.39, 0.29) is 24.2 Å². The van der Waals surface area contributed by atoms with Crippen LogP contribution in [0.15, 0.2) is 0 Å². The fourth-order valence-electron chi connectivity index (χ4n) is 3.44. The Balaban J connectivity index is 2.06. The summed E-state index contributed by atoms with van der Waals surface area (Å²) in [6.45, 7) is 7.56. The zero-order valence-corrected chi connectivity index (χ0v) is 13.6. The van der Waals surface area contributed by atoms with Gasteiger partial charge in [-0.05, 0) is 38.5 Å². The number of aromatic nitrogens is 2. The lowest BCUT2D eigenvalue weighted by Gasteiger charge is -2.35. The highest BCUT2D eigenvalue weighted by Crippen LogP contribution is 2.29. The molecule has 1 N–H and O–H groups in total. The van der Waals surface area contributed by atoms with Crippen LogP contribution in [0.25, 0.3) is 0 Å². The van der Waals surface area contributed by atoms with Crippen molar-refractivity contribution in [2.45, 2.75) is 59.5 Å². The van der Waals surface area contributed by atoms with Crippen LogP contribution in [0.1, 0.15) is 44.5 Å². The fraction of sp³-hybridized carbons (Fsp3) is 0.733. The van der Waals surface area contributed by atoms with Gasteiger partial charge < -0.3 is 5.32 Å². The Bertz CT molecular complexity index is 572. The molecule has 122 valence electrons. The zero-order valence-electron chi connectivity index (χ0n) is 13.6. The summed E-state index contributed by atoms with van der Waals surface area (Å²) in [4.78, 5) is 22.8. The van der Waals surface area contributed by atoms with Gasteiger partial charge >= 0.3 is 5.69 Å². The minimum atomic E-state index is -0.447. The second kappa shape index (κ2) is 6.46. The number of nitro groups is 1. The minimum Gasteiger partial charge on any atom is -0.351 e. The van der Waals surface area contributed by atoms with Gasteiger partial charge in [-0.3, -0.25) is 19.6 Å². The van der Waals surface area contributed by atoms with Crippen molar-refractivity contribution in [2.24, 2.45) is 11.8 Å². The second-order valence-corrected chi connectivity index (χ2v) is 6.41. The maximum absolute atomic E-state index is 12.3. The molecule has 1 amide bonds. The number of carbonyl (C=O) groups excluding carboxylic acids is 1. The molecule has 0 aliphatic heterocycles. The number of hydrogen-bond acceptors (Lipinski definition) is 4. The smallest absolute Gasteiger partial charge is 0.312 e. The van der Waals surface area contributed by atoms with Gasteiger partial charge in [0, 0.05) is 6.04 Å². The van der Waals surface area contributed by atoms with E-state index < -0.39 is 4.92 Å². The van der Waals surface area contributed by atoms with Crippen LogP contribution in [0.2, 0.25) is 0 Å². The molecule has 0 saturated heterocycles. The van der Waals surface area contributed by atoms with E-state index in [2.05, 4.69) is 24.3 Å². The third-order valence-electron chi connectivity index (χ3n) is 4.69. The van der Waals surface area contributed by atoms with E-state index in [9.17, 15) is 14.9 Å². The second-order valence-electron chi connectivity index (χ2n) is 6.41. The monoisotopic (exact) mass is 308 g/mol. The molecule has 0 unspecified atom stereocenters. The highest BCUT2D eigenvalue weighted by molar-refractivity contribution is 5.76. The highest BCUT2D eigenvalue weighted by atomic mass is 16.6. The molecule has 2 atom stereocenters. The lowest BCUT2D eigenvalue weighted by atomic mass is 9.79. The van der Waals surface area contributed by atoms with Crippen molar-refractivity contribution in [1.82, 2.24) is 15.1 Å². The molecule has 2 rings (SSSR count). The van der Waals surface area contributed by atoms with Crippen molar-refractivity contribution in [3.63, 3.8) is 0 Å². The van der Waals surface area contributed by atoms with Crippen LogP contribution in [0.4, 0.5) is 5.69 Å². The van der Waals surface area contributed by atoms with Crippen LogP contribution in [-0.4, -0.2) is 26.7 Å². The number of rotatable bonds is 4. The van der Waals surface area contributed by atoms with Crippen LogP contribution in [-0.2, 0) is 11.3 Å². The summed E-state index contributed by atoms with van der Waals surface area (Å²) >= 11 is 0. The maximum Gasteiger partial charge on any atom is 0.312 e. The van der Waals surface area contributed by atoms with Gasteiger partial charge in [-0.15, -0.1) is 0 Å². The Kier molecular flexibility index (Phi) is 4.83. The zero-order chi connectivity index (χ0) is 16.4. The van der Waals surface area contributed by atoms with Crippen molar-refractivity contribution in [1.29, 1.82) is 0 Å². The van der Waals surface area contributed by atoms with Crippen molar-refractivity contribution >= 4 is 11.6 Å². The number of nitrogens with one attached hydrogen (secondary N) is 1. The maximum atomic E-state index is 12.3. The molecule has 1 aromatic heterocycles. The quantitative estimate of drug-likeness (QED) is 0.683. The molecule has 0 bridgehead atoms. The SMILES string of the molecule is Cc1nn(CC(=O)NC2[C@@H](C)CCC[C@@H]2C)c(C)c1[N+](=O)[O-]. The van der Waals surface area contributed by atoms with E-state index in [1.165, 1.54) is 11.1 Å². The number of amides is 1. The van der Waals surface area contributed by atoms with Gasteiger partial charge in [0.1, 0.15) is 17.9 Å². The van der Waals surface area contributed by atoms with E-state index in [0.717, 1.165) is 12.8 Å². The predicted octanol–water partition coefficient (Wildman–Crippen LogP) is 2.35. The number of aryl methyl sites for hydroxylation is 1. The van der Waals surface area contributed by atoms with Gasteiger partial charge in [-0.1, -0.05) is 20.3 Å². The summed E-state index contributed by atoms with van der Waals surface area (Å²) in [7, 11) is 0. The van der Waals surface area contributed by atoms with Gasteiger partial charge in [0.2, 0.25) is 5.91 Å². The standard InChI is InChI=1S/C15H24N4O3/c1-9-6-5-7-10(2)14(9)16-13(20)8-18-12(4)15(19(21)22)11(3)17-18/h9-10,14H,5-8H2,1-4H3,(H,16,20)/t9-,10-/m0/s1. The Morgan fingerprint density at radius 3 is 2.45 bits per heavy atom. The van der Waals surface area contributed by atoms with Crippen LogP contribution in [0, 0.1) is 35.8 Å². The lowest BCUT2D eigenvalue weighted by molar-refractivity contribution is -0.386. The summed E-state index contributed by atoms with van der Waals surface area (Å²) in [5, 5.41) is 18.2. The van der Waals surface area contributed by atoms with Crippen molar-refractivity contribution in [2.75, 3.05) is 0 Å². The van der Waals surface area contributed by atoms with E-state index in [1.54, 1.807) is 13.8 Å². The minimum absolute atomic E-state index is 0.00722. The number of carbonyl (C=O) groups is 1. The molecule has 1 heterocycles. The van der Waals surface area contributed by atoms with Crippen LogP contribution < -0.4 is 5.32 Å². The molecule has 0 spiro atoms. The molecule has 22 heavy (non-hydrogen) atoms. The summed E-state index contributed by atoms with van der Waals surface area (Å²) in [5.74, 6) is 0.788. The molecular formula is C15H24N4O3. The first kappa shape index (κ1) is 16.5. The average molecular weight is 308 g/mol. The summed E-state index contributed by atoms with van der Waals surface area (Å²) in [5.41, 5.74) is 0.754. The first-order chi connectivity index (χ1) is 10.3. The molecule has 1 aromatic rings. The summed E-state index contributed by atoms with van der Waals surface area (Å²) in [6, 6.07) is 0.174. The van der Waals surface area contributed by atoms with E-state index in [4.69, 9.17) is 0 Å². The highest BCUT2D eigenvalue weighted by Gasteiger charge is 2.29. The topological polar surface area (TPSA) is 90.1 Å². The third-order valence-corrected chi connectivity index (χ3v) is 4.69. The molecular weight excluding hydrogens is 284 g/mol. The van der Waals surface area contributed by atoms with Crippen LogP contribution in [0.3, 0.4) is 0 Å². The Morgan fingerprint density at radius 2 is 1.95 bits per heavy atom. The fourth-order valence-corrected chi connectivity index (χ4v) is 3.44. The van der Waals surface area contributed by atoms with Crippen LogP contribution in [0.5, 0.6) is 0 Å². The molecule has 1 saturated carbocycles. The number of hydrogen-bond donors (Lipinski definition) is 1. The molecule has 0 aromatic carbocycles. The first-order valence-electron chi connectivity index (χ1n) is 7.79. The van der Waals surface area contributed by atoms with Crippen molar-refractivity contribution in [3.05, 3.63) is 21.5 Å². The van der Waals surface area contributed by atoms with E-state index in [0.29, 0.717) is 23.2 Å². The van der Waals surface area contributed by atoms with Gasteiger partial charge in [0.25, 0.3) is 0 Å². The van der Waals surface area contributed by atoms with Gasteiger partial charge in [-0.25, -0.2) is 0 Å². The molecule has 1 fully saturated rings. The first-order valence-corrected chi connectivity index (χ1v) is 7.79. The van der Waals surface area contributed by atoms with E-state index in [1.807, 2.05) is 0 Å². The molecule has 0 radical (unpaired) electrons. The molecule has 7 heteroatoms. The Morgan fingerprint density at radius 1 is 1.36 bits per heavy atom. The average Bonchev–Trinajstić information content (AvgIpc) is 2.69. The predicted molar refractivity (Wildman–Crippen MR) is 82.5 cm³/mol. The van der Waals surface area contributed by atoms with Crippen molar-refractivity contribution < 1.29 is 9.72 Å². The lowest BCUT2D eigenvalue weighted by Crippen LogP contribution is -2.46. The largest absolute Gasteiger partial charge is 0.351 e. The number of nitrogens with zero attached hydrogens (tertiary/aromatic N) is 3. The van der Waals surface area contributed by atoms with Gasteiger partial charge in [0.05, 0.1) is 4.92 Å². The van der Waals surface area contributed by atoms with Crippen molar-refractivity contribution in [3.8, 4) is 0 Å². The van der Waals surface area contributed by atoms with Crippen LogP contribution >= 0.6 is 0 Å². The molecule has 1 aliphatic carbocycles. The van der Waals surface area contributed by atoms with Gasteiger partial charge in [-0.2, -0.15) is 5.10 Å². The Hall–Kier alpha value is -1.92. The summed E-state index contributed by atoms with van der Waals surface area (Å²) in [6.07, 6.45) is 3.46. The molecule has 1 aliphatic rings. The third kappa shape index (κ3) is 3.28. The Labute approximate surface area is 130 Å².